The van der Waals surface area contributed by atoms with Crippen molar-refractivity contribution in [2.75, 3.05) is 20.3 Å². The van der Waals surface area contributed by atoms with Gasteiger partial charge < -0.3 is 14.0 Å². The second kappa shape index (κ2) is 7.25. The van der Waals surface area contributed by atoms with E-state index in [2.05, 4.69) is 9.97 Å². The lowest BCUT2D eigenvalue weighted by Gasteiger charge is -2.21. The van der Waals surface area contributed by atoms with Crippen LogP contribution >= 0.6 is 0 Å². The molecule has 3 aromatic rings. The van der Waals surface area contributed by atoms with E-state index in [-0.39, 0.29) is 11.8 Å². The van der Waals surface area contributed by atoms with Crippen LogP contribution in [-0.4, -0.2) is 34.9 Å². The lowest BCUT2D eigenvalue weighted by Crippen LogP contribution is -2.20. The average Bonchev–Trinajstić information content (AvgIpc) is 3.32. The first-order valence-corrected chi connectivity index (χ1v) is 8.60. The lowest BCUT2D eigenvalue weighted by molar-refractivity contribution is 0.181. The largest absolute Gasteiger partial charge is 0.494 e. The van der Waals surface area contributed by atoms with E-state index in [4.69, 9.17) is 9.47 Å². The van der Waals surface area contributed by atoms with Gasteiger partial charge in [0, 0.05) is 30.7 Å². The van der Waals surface area contributed by atoms with Gasteiger partial charge >= 0.3 is 0 Å². The molecule has 5 nitrogen and oxygen atoms in total. The number of aromatic nitrogens is 3. The molecule has 0 saturated carbocycles. The monoisotopic (exact) mass is 353 g/mol. The molecule has 3 heterocycles. The van der Waals surface area contributed by atoms with E-state index in [9.17, 15) is 4.39 Å². The van der Waals surface area contributed by atoms with Gasteiger partial charge in [0.25, 0.3) is 0 Å². The highest BCUT2D eigenvalue weighted by Crippen LogP contribution is 2.34. The molecule has 0 aliphatic carbocycles. The molecule has 0 spiro atoms. The summed E-state index contributed by atoms with van der Waals surface area (Å²) in [4.78, 5) is 8.48. The van der Waals surface area contributed by atoms with Gasteiger partial charge in [0.2, 0.25) is 0 Å². The molecule has 1 saturated heterocycles. The number of hydrogen-bond donors (Lipinski definition) is 0. The zero-order chi connectivity index (χ0) is 17.9. The predicted molar refractivity (Wildman–Crippen MR) is 95.5 cm³/mol. The van der Waals surface area contributed by atoms with Gasteiger partial charge in [-0.1, -0.05) is 6.07 Å². The summed E-state index contributed by atoms with van der Waals surface area (Å²) in [6.45, 7) is 1.26. The normalized spacial score (nSPS) is 19.6. The van der Waals surface area contributed by atoms with Gasteiger partial charge in [-0.25, -0.2) is 9.37 Å². The van der Waals surface area contributed by atoms with Crippen molar-refractivity contribution in [2.24, 2.45) is 5.92 Å². The summed E-state index contributed by atoms with van der Waals surface area (Å²) in [6, 6.07) is 9.25. The van der Waals surface area contributed by atoms with Crippen LogP contribution in [0.1, 0.15) is 11.6 Å². The second-order valence-electron chi connectivity index (χ2n) is 6.40. The van der Waals surface area contributed by atoms with Crippen molar-refractivity contribution in [2.45, 2.75) is 12.5 Å². The highest BCUT2D eigenvalue weighted by Gasteiger charge is 2.32. The molecular weight excluding hydrogens is 333 g/mol. The standard InChI is InChI=1S/C20H20FN3O2/c1-25-18-4-2-3-16(19(18)21)20-23-9-10-24(20)17-13-26-12-15(17)11-14-5-7-22-8-6-14/h2-10,15,17H,11-13H2,1H3/t15-,17-/m1/s1. The fraction of sp³-hybridized carbons (Fsp3) is 0.300. The molecule has 0 unspecified atom stereocenters. The van der Waals surface area contributed by atoms with Crippen LogP contribution in [0, 0.1) is 11.7 Å². The van der Waals surface area contributed by atoms with Crippen molar-refractivity contribution in [3.05, 3.63) is 66.5 Å². The molecule has 1 aliphatic heterocycles. The number of nitrogens with zero attached hydrogens (tertiary/aromatic N) is 3. The van der Waals surface area contributed by atoms with Crippen LogP contribution < -0.4 is 4.74 Å². The number of imidazole rings is 1. The quantitative estimate of drug-likeness (QED) is 0.704. The summed E-state index contributed by atoms with van der Waals surface area (Å²) >= 11 is 0. The molecule has 1 aliphatic rings. The van der Waals surface area contributed by atoms with Crippen LogP contribution in [0.2, 0.25) is 0 Å². The first kappa shape index (κ1) is 16.7. The maximum atomic E-state index is 14.7. The number of benzene rings is 1. The SMILES string of the molecule is COc1cccc(-c2nccn2[C@@H]2COC[C@H]2Cc2ccncc2)c1F. The number of hydrogen-bond acceptors (Lipinski definition) is 4. The third-order valence-electron chi connectivity index (χ3n) is 4.86. The van der Waals surface area contributed by atoms with Gasteiger partial charge in [0.15, 0.2) is 11.6 Å². The minimum absolute atomic E-state index is 0.103. The van der Waals surface area contributed by atoms with Crippen molar-refractivity contribution in [1.82, 2.24) is 14.5 Å². The van der Waals surface area contributed by atoms with E-state index in [0.29, 0.717) is 30.5 Å². The topological polar surface area (TPSA) is 49.2 Å². The third kappa shape index (κ3) is 3.08. The van der Waals surface area contributed by atoms with E-state index < -0.39 is 5.82 Å². The molecule has 1 fully saturated rings. The van der Waals surface area contributed by atoms with Crippen molar-refractivity contribution in [3.63, 3.8) is 0 Å². The summed E-state index contributed by atoms with van der Waals surface area (Å²) in [5.41, 5.74) is 1.65. The van der Waals surface area contributed by atoms with Crippen LogP contribution in [-0.2, 0) is 11.2 Å². The third-order valence-corrected chi connectivity index (χ3v) is 4.86. The molecule has 6 heteroatoms. The molecular formula is C20H20FN3O2. The van der Waals surface area contributed by atoms with E-state index in [1.807, 2.05) is 22.9 Å². The molecule has 2 atom stereocenters. The number of rotatable bonds is 5. The lowest BCUT2D eigenvalue weighted by atomic mass is 9.95. The van der Waals surface area contributed by atoms with Crippen molar-refractivity contribution in [3.8, 4) is 17.1 Å². The second-order valence-corrected chi connectivity index (χ2v) is 6.40. The van der Waals surface area contributed by atoms with E-state index in [1.165, 1.54) is 12.7 Å². The first-order chi connectivity index (χ1) is 12.8. The van der Waals surface area contributed by atoms with Gasteiger partial charge in [0.05, 0.1) is 31.9 Å². The van der Waals surface area contributed by atoms with Gasteiger partial charge in [-0.3, -0.25) is 4.98 Å². The highest BCUT2D eigenvalue weighted by molar-refractivity contribution is 5.59. The van der Waals surface area contributed by atoms with Crippen LogP contribution in [0.25, 0.3) is 11.4 Å². The fourth-order valence-electron chi connectivity index (χ4n) is 3.54. The minimum Gasteiger partial charge on any atom is -0.494 e. The average molecular weight is 353 g/mol. The molecule has 0 bridgehead atoms. The number of halogens is 1. The van der Waals surface area contributed by atoms with Gasteiger partial charge in [-0.15, -0.1) is 0 Å². The maximum Gasteiger partial charge on any atom is 0.175 e. The van der Waals surface area contributed by atoms with Crippen molar-refractivity contribution < 1.29 is 13.9 Å². The first-order valence-electron chi connectivity index (χ1n) is 8.60. The smallest absolute Gasteiger partial charge is 0.175 e. The minimum atomic E-state index is -0.396. The Hall–Kier alpha value is -2.73. The Kier molecular flexibility index (Phi) is 4.67. The highest BCUT2D eigenvalue weighted by atomic mass is 19.1. The van der Waals surface area contributed by atoms with Crippen LogP contribution in [0.3, 0.4) is 0 Å². The molecule has 26 heavy (non-hydrogen) atoms. The molecule has 4 rings (SSSR count). The molecule has 0 N–H and O–H groups in total. The number of ether oxygens (including phenoxy) is 2. The Morgan fingerprint density at radius 3 is 2.85 bits per heavy atom. The van der Waals surface area contributed by atoms with Crippen LogP contribution in [0.4, 0.5) is 4.39 Å². The molecule has 0 radical (unpaired) electrons. The fourth-order valence-corrected chi connectivity index (χ4v) is 3.54. The van der Waals surface area contributed by atoms with Gasteiger partial charge in [-0.2, -0.15) is 0 Å². The summed E-state index contributed by atoms with van der Waals surface area (Å²) in [7, 11) is 1.46. The zero-order valence-electron chi connectivity index (χ0n) is 14.5. The van der Waals surface area contributed by atoms with Gasteiger partial charge in [-0.05, 0) is 36.2 Å². The maximum absolute atomic E-state index is 14.7. The zero-order valence-corrected chi connectivity index (χ0v) is 14.5. The van der Waals surface area contributed by atoms with Crippen LogP contribution in [0.5, 0.6) is 5.75 Å². The Bertz CT molecular complexity index is 882. The van der Waals surface area contributed by atoms with E-state index >= 15 is 0 Å². The summed E-state index contributed by atoms with van der Waals surface area (Å²) in [5.74, 6) is 0.704. The summed E-state index contributed by atoms with van der Waals surface area (Å²) in [5, 5.41) is 0. The van der Waals surface area contributed by atoms with Crippen molar-refractivity contribution in [1.29, 1.82) is 0 Å². The summed E-state index contributed by atoms with van der Waals surface area (Å²) in [6.07, 6.45) is 8.08. The van der Waals surface area contributed by atoms with Gasteiger partial charge in [0.1, 0.15) is 5.82 Å². The molecule has 0 amide bonds. The number of methoxy groups -OCH3 is 1. The Labute approximate surface area is 151 Å². The Morgan fingerprint density at radius 1 is 1.19 bits per heavy atom. The van der Waals surface area contributed by atoms with Crippen LogP contribution in [0.15, 0.2) is 55.1 Å². The van der Waals surface area contributed by atoms with E-state index in [0.717, 1.165) is 6.42 Å². The predicted octanol–water partition coefficient (Wildman–Crippen LogP) is 3.52. The molecule has 1 aromatic carbocycles. The van der Waals surface area contributed by atoms with Crippen molar-refractivity contribution >= 4 is 0 Å². The summed E-state index contributed by atoms with van der Waals surface area (Å²) < 4.78 is 27.6. The number of pyridine rings is 1. The van der Waals surface area contributed by atoms with E-state index in [1.54, 1.807) is 36.8 Å². The molecule has 134 valence electrons. The Morgan fingerprint density at radius 2 is 2.04 bits per heavy atom. The molecule has 2 aromatic heterocycles. The Balaban J connectivity index is 1.66.